The monoisotopic (exact) mass is 265 g/mol. The van der Waals surface area contributed by atoms with E-state index in [-0.39, 0.29) is 0 Å². The Labute approximate surface area is 112 Å². The maximum absolute atomic E-state index is 5.89. The van der Waals surface area contributed by atoms with Crippen molar-refractivity contribution in [1.82, 2.24) is 0 Å². The fourth-order valence-corrected chi connectivity index (χ4v) is 2.48. The molecule has 0 aromatic heterocycles. The minimum absolute atomic E-state index is 0.292. The van der Waals surface area contributed by atoms with Crippen LogP contribution in [0.15, 0.2) is 12.1 Å². The van der Waals surface area contributed by atoms with Crippen molar-refractivity contribution in [3.63, 3.8) is 0 Å². The van der Waals surface area contributed by atoms with Crippen LogP contribution in [0.25, 0.3) is 0 Å². The number of fused-ring (bicyclic) bond motifs is 1. The summed E-state index contributed by atoms with van der Waals surface area (Å²) in [7, 11) is 0. The Kier molecular flexibility index (Phi) is 3.87. The molecule has 1 fully saturated rings. The molecule has 1 aromatic carbocycles. The van der Waals surface area contributed by atoms with E-state index < -0.39 is 0 Å². The molecule has 0 spiro atoms. The van der Waals surface area contributed by atoms with Crippen LogP contribution in [0.1, 0.15) is 17.5 Å². The van der Waals surface area contributed by atoms with Gasteiger partial charge in [-0.2, -0.15) is 0 Å². The Morgan fingerprint density at radius 2 is 2.26 bits per heavy atom. The zero-order chi connectivity index (χ0) is 13.1. The van der Waals surface area contributed by atoms with E-state index in [4.69, 9.17) is 24.7 Å². The molecule has 3 rings (SSSR count). The molecule has 2 N–H and O–H groups in total. The van der Waals surface area contributed by atoms with Crippen molar-refractivity contribution in [3.05, 3.63) is 23.3 Å². The van der Waals surface area contributed by atoms with Crippen LogP contribution in [0.2, 0.25) is 0 Å². The molecular weight excluding hydrogens is 246 g/mol. The van der Waals surface area contributed by atoms with Gasteiger partial charge in [-0.1, -0.05) is 0 Å². The smallest absolute Gasteiger partial charge is 0.189 e. The van der Waals surface area contributed by atoms with E-state index >= 15 is 0 Å². The van der Waals surface area contributed by atoms with Crippen molar-refractivity contribution >= 4 is 5.69 Å². The number of ether oxygens (including phenoxy) is 4. The topological polar surface area (TPSA) is 62.9 Å². The van der Waals surface area contributed by atoms with Crippen LogP contribution in [0.5, 0.6) is 5.75 Å². The molecule has 0 amide bonds. The van der Waals surface area contributed by atoms with E-state index in [1.54, 1.807) is 0 Å². The molecule has 104 valence electrons. The lowest BCUT2D eigenvalue weighted by Crippen LogP contribution is -2.15. The number of hydrogen-bond donors (Lipinski definition) is 1. The van der Waals surface area contributed by atoms with Crippen molar-refractivity contribution in [2.24, 2.45) is 5.92 Å². The number of benzene rings is 1. The minimum atomic E-state index is 0.292. The SMILES string of the molecule is Nc1cc2c(c(COCC3CCOC3)c1)OCOC2. The molecule has 2 aliphatic rings. The second kappa shape index (κ2) is 5.77. The van der Waals surface area contributed by atoms with E-state index in [1.807, 2.05) is 12.1 Å². The highest BCUT2D eigenvalue weighted by molar-refractivity contribution is 5.53. The van der Waals surface area contributed by atoms with Gasteiger partial charge in [0.2, 0.25) is 0 Å². The van der Waals surface area contributed by atoms with Crippen LogP contribution in [0.3, 0.4) is 0 Å². The summed E-state index contributed by atoms with van der Waals surface area (Å²) in [6.45, 7) is 3.73. The number of nitrogen functional groups attached to an aromatic ring is 1. The third-order valence-corrected chi connectivity index (χ3v) is 3.44. The third-order valence-electron chi connectivity index (χ3n) is 3.44. The van der Waals surface area contributed by atoms with Gasteiger partial charge >= 0.3 is 0 Å². The summed E-state index contributed by atoms with van der Waals surface area (Å²) in [5.41, 5.74) is 8.60. The predicted molar refractivity (Wildman–Crippen MR) is 69.7 cm³/mol. The Hall–Kier alpha value is -1.30. The quantitative estimate of drug-likeness (QED) is 0.839. The molecule has 1 saturated heterocycles. The highest BCUT2D eigenvalue weighted by Gasteiger charge is 2.18. The van der Waals surface area contributed by atoms with Gasteiger partial charge in [0.15, 0.2) is 6.79 Å². The Bertz CT molecular complexity index is 443. The molecule has 1 unspecified atom stereocenters. The summed E-state index contributed by atoms with van der Waals surface area (Å²) >= 11 is 0. The average molecular weight is 265 g/mol. The van der Waals surface area contributed by atoms with Crippen LogP contribution in [0.4, 0.5) is 5.69 Å². The highest BCUT2D eigenvalue weighted by Crippen LogP contribution is 2.31. The van der Waals surface area contributed by atoms with Crippen LogP contribution in [-0.2, 0) is 27.4 Å². The van der Waals surface area contributed by atoms with Crippen LogP contribution in [0, 0.1) is 5.92 Å². The number of anilines is 1. The highest BCUT2D eigenvalue weighted by atomic mass is 16.7. The van der Waals surface area contributed by atoms with Crippen molar-refractivity contribution in [2.75, 3.05) is 32.3 Å². The summed E-state index contributed by atoms with van der Waals surface area (Å²) in [5.74, 6) is 1.38. The molecule has 0 aliphatic carbocycles. The number of rotatable bonds is 4. The van der Waals surface area contributed by atoms with Crippen molar-refractivity contribution in [3.8, 4) is 5.75 Å². The van der Waals surface area contributed by atoms with Gasteiger partial charge in [-0.05, 0) is 18.6 Å². The largest absolute Gasteiger partial charge is 0.467 e. The Morgan fingerprint density at radius 3 is 3.11 bits per heavy atom. The summed E-state index contributed by atoms with van der Waals surface area (Å²) < 4.78 is 21.9. The number of nitrogens with two attached hydrogens (primary N) is 1. The van der Waals surface area contributed by atoms with E-state index in [9.17, 15) is 0 Å². The molecule has 2 heterocycles. The second-order valence-corrected chi connectivity index (χ2v) is 5.02. The van der Waals surface area contributed by atoms with Crippen molar-refractivity contribution in [2.45, 2.75) is 19.6 Å². The maximum atomic E-state index is 5.89. The first kappa shape index (κ1) is 12.7. The second-order valence-electron chi connectivity index (χ2n) is 5.02. The van der Waals surface area contributed by atoms with Crippen LogP contribution in [-0.4, -0.2) is 26.6 Å². The van der Waals surface area contributed by atoms with Crippen LogP contribution >= 0.6 is 0 Å². The first-order chi connectivity index (χ1) is 9.33. The van der Waals surface area contributed by atoms with Gasteiger partial charge in [0.1, 0.15) is 5.75 Å². The molecule has 5 heteroatoms. The fraction of sp³-hybridized carbons (Fsp3) is 0.571. The van der Waals surface area contributed by atoms with E-state index in [2.05, 4.69) is 0 Å². The predicted octanol–water partition coefficient (Wildman–Crippen LogP) is 1.69. The molecule has 19 heavy (non-hydrogen) atoms. The Balaban J connectivity index is 1.64. The fourth-order valence-electron chi connectivity index (χ4n) is 2.48. The lowest BCUT2D eigenvalue weighted by atomic mass is 10.1. The third kappa shape index (κ3) is 3.00. The summed E-state index contributed by atoms with van der Waals surface area (Å²) in [6.07, 6.45) is 1.08. The van der Waals surface area contributed by atoms with E-state index in [0.717, 1.165) is 48.8 Å². The van der Waals surface area contributed by atoms with Gasteiger partial charge < -0.3 is 24.7 Å². The van der Waals surface area contributed by atoms with Gasteiger partial charge in [0.05, 0.1) is 26.4 Å². The zero-order valence-electron chi connectivity index (χ0n) is 10.9. The molecule has 1 aromatic rings. The maximum Gasteiger partial charge on any atom is 0.189 e. The van der Waals surface area contributed by atoms with Crippen LogP contribution < -0.4 is 10.5 Å². The van der Waals surface area contributed by atoms with Gasteiger partial charge in [0.25, 0.3) is 0 Å². The molecule has 1 atom stereocenters. The first-order valence-corrected chi connectivity index (χ1v) is 6.60. The molecular formula is C14H19NO4. The number of hydrogen-bond acceptors (Lipinski definition) is 5. The van der Waals surface area contributed by atoms with Crippen molar-refractivity contribution in [1.29, 1.82) is 0 Å². The lowest BCUT2D eigenvalue weighted by molar-refractivity contribution is -0.0187. The lowest BCUT2D eigenvalue weighted by Gasteiger charge is -2.21. The average Bonchev–Trinajstić information content (AvgIpc) is 2.91. The van der Waals surface area contributed by atoms with Gasteiger partial charge in [-0.3, -0.25) is 0 Å². The molecule has 0 saturated carbocycles. The summed E-state index contributed by atoms with van der Waals surface area (Å²) in [6, 6.07) is 3.80. The van der Waals surface area contributed by atoms with Gasteiger partial charge in [-0.25, -0.2) is 0 Å². The molecule has 0 radical (unpaired) electrons. The van der Waals surface area contributed by atoms with Gasteiger partial charge in [-0.15, -0.1) is 0 Å². The van der Waals surface area contributed by atoms with E-state index in [0.29, 0.717) is 25.9 Å². The summed E-state index contributed by atoms with van der Waals surface area (Å²) in [4.78, 5) is 0. The zero-order valence-corrected chi connectivity index (χ0v) is 10.9. The minimum Gasteiger partial charge on any atom is -0.467 e. The Morgan fingerprint density at radius 1 is 1.32 bits per heavy atom. The molecule has 0 bridgehead atoms. The first-order valence-electron chi connectivity index (χ1n) is 6.60. The standard InChI is InChI=1S/C14H19NO4/c15-13-3-11(7-17-6-10-1-2-16-5-10)14-12(4-13)8-18-9-19-14/h3-4,10H,1-2,5-9,15H2. The normalized spacial score (nSPS) is 22.0. The molecule has 2 aliphatic heterocycles. The van der Waals surface area contributed by atoms with E-state index in [1.165, 1.54) is 0 Å². The molecule has 5 nitrogen and oxygen atoms in total. The summed E-state index contributed by atoms with van der Waals surface area (Å²) in [5, 5.41) is 0. The van der Waals surface area contributed by atoms with Gasteiger partial charge in [0, 0.05) is 29.3 Å². The van der Waals surface area contributed by atoms with Crippen molar-refractivity contribution < 1.29 is 18.9 Å².